The summed E-state index contributed by atoms with van der Waals surface area (Å²) in [5.74, 6) is -0.0840. The van der Waals surface area contributed by atoms with Gasteiger partial charge in [0.25, 0.3) is 0 Å². The van der Waals surface area contributed by atoms with E-state index in [4.69, 9.17) is 0 Å². The van der Waals surface area contributed by atoms with Crippen LogP contribution in [-0.2, 0) is 8.48 Å². The van der Waals surface area contributed by atoms with E-state index in [0.717, 1.165) is 0 Å². The number of benzene rings is 1. The Morgan fingerprint density at radius 2 is 2.33 bits per heavy atom. The number of ether oxygens (including phenoxy) is 1. The third kappa shape index (κ3) is 3.36. The number of nitrogens with one attached hydrogen (secondary N) is 1. The molecule has 0 aromatic heterocycles. The number of hydrogen-bond acceptors (Lipinski definition) is 4. The monoisotopic (exact) mass is 271 g/mol. The molecule has 1 amide bonds. The first-order valence-corrected chi connectivity index (χ1v) is 5.98. The van der Waals surface area contributed by atoms with Crippen molar-refractivity contribution in [1.82, 2.24) is 0 Å². The Morgan fingerprint density at radius 1 is 1.60 bits per heavy atom. The Balaban J connectivity index is 2.75. The Bertz CT molecular complexity index is 380. The van der Waals surface area contributed by atoms with E-state index >= 15 is 0 Å². The van der Waals surface area contributed by atoms with Crippen LogP contribution in [0.1, 0.15) is 6.92 Å². The number of aromatic hydroxyl groups is 1. The van der Waals surface area contributed by atoms with Gasteiger partial charge in [-0.15, -0.1) is 0 Å². The Hall–Kier alpha value is -1.35. The summed E-state index contributed by atoms with van der Waals surface area (Å²) in [6.07, 6.45) is -0.583. The Labute approximate surface area is 93.3 Å². The van der Waals surface area contributed by atoms with Gasteiger partial charge in [-0.25, -0.2) is 0 Å². The minimum absolute atomic E-state index is 0.0840. The molecule has 5 nitrogen and oxygen atoms in total. The molecule has 0 aliphatic carbocycles. The molecule has 1 rings (SSSR count). The molecule has 0 fully saturated rings. The topological polar surface area (TPSA) is 75.6 Å². The second kappa shape index (κ2) is 5.51. The molecule has 0 saturated heterocycles. The molecule has 1 aromatic carbocycles. The van der Waals surface area contributed by atoms with Crippen LogP contribution in [0.4, 0.5) is 10.5 Å². The molecule has 0 saturated carbocycles. The van der Waals surface area contributed by atoms with Gasteiger partial charge in [0.2, 0.25) is 0 Å². The molecule has 1 aromatic rings. The predicted octanol–water partition coefficient (Wildman–Crippen LogP) is 0.636. The standard InChI is InChI=1S/C9H10AsNO4/c1-2-15-9(13)11-6-3-4-7(10-14)8(12)5-6/h3-5,12H,2H2,1H3,(H,11,13). The number of phenolic OH excluding ortho intramolecular Hbond substituents is 1. The quantitative estimate of drug-likeness (QED) is 0.791. The molecule has 6 heteroatoms. The van der Waals surface area contributed by atoms with Crippen molar-refractivity contribution in [2.24, 2.45) is 0 Å². The van der Waals surface area contributed by atoms with Crippen molar-refractivity contribution < 1.29 is 18.4 Å². The van der Waals surface area contributed by atoms with Gasteiger partial charge in [0, 0.05) is 0 Å². The van der Waals surface area contributed by atoms with Crippen molar-refractivity contribution in [3.63, 3.8) is 0 Å². The van der Waals surface area contributed by atoms with E-state index < -0.39 is 21.8 Å². The summed E-state index contributed by atoms with van der Waals surface area (Å²) in [6, 6.07) is 4.39. The summed E-state index contributed by atoms with van der Waals surface area (Å²) in [5.41, 5.74) is 0.407. The fourth-order valence-corrected chi connectivity index (χ4v) is 1.58. The van der Waals surface area contributed by atoms with Crippen LogP contribution in [0.25, 0.3) is 0 Å². The van der Waals surface area contributed by atoms with Crippen LogP contribution < -0.4 is 9.67 Å². The molecule has 2 N–H and O–H groups in total. The fourth-order valence-electron chi connectivity index (χ4n) is 0.963. The van der Waals surface area contributed by atoms with E-state index in [0.29, 0.717) is 10.0 Å². The van der Waals surface area contributed by atoms with Crippen LogP contribution in [0.15, 0.2) is 18.2 Å². The van der Waals surface area contributed by atoms with Gasteiger partial charge in [0.1, 0.15) is 0 Å². The van der Waals surface area contributed by atoms with Crippen molar-refractivity contribution in [2.75, 3.05) is 11.9 Å². The molecule has 0 radical (unpaired) electrons. The van der Waals surface area contributed by atoms with E-state index in [9.17, 15) is 13.6 Å². The number of carbonyl (C=O) groups is 1. The number of hydrogen-bond donors (Lipinski definition) is 2. The molecular formula is C9H10AsNO4. The Morgan fingerprint density at radius 3 is 2.87 bits per heavy atom. The van der Waals surface area contributed by atoms with Crippen LogP contribution in [0, 0.1) is 0 Å². The molecule has 0 aliphatic rings. The van der Waals surface area contributed by atoms with Crippen LogP contribution in [-0.4, -0.2) is 33.5 Å². The summed E-state index contributed by atoms with van der Waals surface area (Å²) < 4.78 is 15.7. The predicted molar refractivity (Wildman–Crippen MR) is 54.8 cm³/mol. The first-order chi connectivity index (χ1) is 7.17. The van der Waals surface area contributed by atoms with Crippen LogP contribution in [0.3, 0.4) is 0 Å². The maximum absolute atomic E-state index is 11.0. The zero-order valence-corrected chi connectivity index (χ0v) is 9.93. The summed E-state index contributed by atoms with van der Waals surface area (Å²) in [4.78, 5) is 11.0. The van der Waals surface area contributed by atoms with Crippen LogP contribution in [0.5, 0.6) is 5.75 Å². The van der Waals surface area contributed by atoms with E-state index in [2.05, 4.69) is 10.1 Å². The van der Waals surface area contributed by atoms with Gasteiger partial charge < -0.3 is 0 Å². The SMILES string of the molecule is CCOC(=O)Nc1ccc([As]=O)c(O)c1. The van der Waals surface area contributed by atoms with Gasteiger partial charge >= 0.3 is 93.0 Å². The van der Waals surface area contributed by atoms with Crippen molar-refractivity contribution >= 4 is 31.8 Å². The number of rotatable bonds is 3. The average Bonchev–Trinajstić information content (AvgIpc) is 2.18. The number of carbonyl (C=O) groups excluding carboxylic acids is 1. The second-order valence-corrected chi connectivity index (χ2v) is 4.03. The van der Waals surface area contributed by atoms with E-state index in [1.165, 1.54) is 12.1 Å². The molecule has 80 valence electrons. The fraction of sp³-hybridized carbons (Fsp3) is 0.222. The summed E-state index contributed by atoms with van der Waals surface area (Å²) in [7, 11) is 0. The van der Waals surface area contributed by atoms with Crippen molar-refractivity contribution in [2.45, 2.75) is 6.92 Å². The van der Waals surface area contributed by atoms with Gasteiger partial charge in [-0.05, 0) is 0 Å². The van der Waals surface area contributed by atoms with Gasteiger partial charge in [-0.2, -0.15) is 0 Å². The first kappa shape index (κ1) is 11.7. The molecule has 15 heavy (non-hydrogen) atoms. The molecule has 0 atom stereocenters. The zero-order valence-electron chi connectivity index (χ0n) is 8.06. The van der Waals surface area contributed by atoms with Gasteiger partial charge in [0.15, 0.2) is 0 Å². The summed E-state index contributed by atoms with van der Waals surface area (Å²) in [5, 5.41) is 11.8. The molecule has 0 aliphatic heterocycles. The summed E-state index contributed by atoms with van der Waals surface area (Å²) in [6.45, 7) is 1.97. The molecule has 0 heterocycles. The van der Waals surface area contributed by atoms with Crippen molar-refractivity contribution in [3.05, 3.63) is 18.2 Å². The third-order valence-corrected chi connectivity index (χ3v) is 2.80. The van der Waals surface area contributed by atoms with E-state index in [1.54, 1.807) is 13.0 Å². The van der Waals surface area contributed by atoms with Crippen molar-refractivity contribution in [3.8, 4) is 5.75 Å². The summed E-state index contributed by atoms with van der Waals surface area (Å²) >= 11 is -1.26. The number of anilines is 1. The molecule has 0 spiro atoms. The molecular weight excluding hydrogens is 261 g/mol. The maximum atomic E-state index is 11.0. The second-order valence-electron chi connectivity index (χ2n) is 2.64. The van der Waals surface area contributed by atoms with Gasteiger partial charge in [-0.3, -0.25) is 0 Å². The number of phenols is 1. The van der Waals surface area contributed by atoms with Gasteiger partial charge in [-0.1, -0.05) is 0 Å². The van der Waals surface area contributed by atoms with E-state index in [1.807, 2.05) is 0 Å². The first-order valence-electron chi connectivity index (χ1n) is 4.27. The van der Waals surface area contributed by atoms with E-state index in [-0.39, 0.29) is 12.4 Å². The molecule has 0 unspecified atom stereocenters. The zero-order chi connectivity index (χ0) is 11.3. The normalized spacial score (nSPS) is 9.93. The number of amides is 1. The molecule has 0 bridgehead atoms. The van der Waals surface area contributed by atoms with Gasteiger partial charge in [0.05, 0.1) is 0 Å². The van der Waals surface area contributed by atoms with Crippen LogP contribution in [0.2, 0.25) is 0 Å². The van der Waals surface area contributed by atoms with Crippen LogP contribution >= 0.6 is 0 Å². The minimum atomic E-state index is -1.26. The average molecular weight is 271 g/mol. The Kier molecular flexibility index (Phi) is 4.31. The third-order valence-electron chi connectivity index (χ3n) is 1.60. The van der Waals surface area contributed by atoms with Crippen molar-refractivity contribution in [1.29, 1.82) is 0 Å².